The van der Waals surface area contributed by atoms with Crippen molar-refractivity contribution < 1.29 is 4.92 Å². The lowest BCUT2D eigenvalue weighted by molar-refractivity contribution is -0.384. The van der Waals surface area contributed by atoms with E-state index in [0.717, 1.165) is 13.7 Å². The average molecular weight is 454 g/mol. The Labute approximate surface area is 135 Å². The fourth-order valence-electron chi connectivity index (χ4n) is 1.37. The van der Waals surface area contributed by atoms with E-state index in [-0.39, 0.29) is 10.8 Å². The third-order valence-electron chi connectivity index (χ3n) is 2.18. The number of pyridine rings is 1. The van der Waals surface area contributed by atoms with Crippen LogP contribution in [-0.2, 0) is 0 Å². The van der Waals surface area contributed by atoms with Gasteiger partial charge in [0, 0.05) is 13.7 Å². The zero-order valence-corrected chi connectivity index (χ0v) is 13.7. The smallest absolute Gasteiger partial charge is 0.276 e. The van der Waals surface area contributed by atoms with E-state index in [1.54, 1.807) is 0 Å². The molecule has 2 rings (SSSR count). The molecule has 0 saturated carbocycles. The normalized spacial score (nSPS) is 10.3. The molecule has 0 atom stereocenters. The first-order chi connectivity index (χ1) is 8.95. The van der Waals surface area contributed by atoms with Gasteiger partial charge in [-0.1, -0.05) is 11.6 Å². The summed E-state index contributed by atoms with van der Waals surface area (Å²) in [6.45, 7) is 0. The zero-order chi connectivity index (χ0) is 14.0. The molecular weight excluding hydrogens is 448 g/mol. The zero-order valence-electron chi connectivity index (χ0n) is 9.23. The Morgan fingerprint density at radius 2 is 2.11 bits per heavy atom. The van der Waals surface area contributed by atoms with E-state index < -0.39 is 4.92 Å². The van der Waals surface area contributed by atoms with Crippen LogP contribution in [0.4, 0.5) is 17.2 Å². The van der Waals surface area contributed by atoms with Crippen molar-refractivity contribution in [3.05, 3.63) is 53.6 Å². The van der Waals surface area contributed by atoms with Gasteiger partial charge in [0.25, 0.3) is 5.69 Å². The number of anilines is 2. The van der Waals surface area contributed by atoms with Gasteiger partial charge in [-0.25, -0.2) is 4.98 Å². The molecule has 1 heterocycles. The van der Waals surface area contributed by atoms with Crippen LogP contribution in [-0.4, -0.2) is 9.91 Å². The van der Waals surface area contributed by atoms with E-state index in [9.17, 15) is 10.1 Å². The summed E-state index contributed by atoms with van der Waals surface area (Å²) in [7, 11) is 0. The molecule has 98 valence electrons. The molecule has 19 heavy (non-hydrogen) atoms. The highest BCUT2D eigenvalue weighted by molar-refractivity contribution is 14.1. The Kier molecular flexibility index (Phi) is 4.58. The van der Waals surface area contributed by atoms with Crippen molar-refractivity contribution in [3.8, 4) is 0 Å². The van der Waals surface area contributed by atoms with Gasteiger partial charge in [0.1, 0.15) is 11.0 Å². The second-order valence-electron chi connectivity index (χ2n) is 3.54. The lowest BCUT2D eigenvalue weighted by Gasteiger charge is -2.07. The third kappa shape index (κ3) is 3.77. The van der Waals surface area contributed by atoms with Crippen LogP contribution < -0.4 is 5.32 Å². The second-order valence-corrected chi connectivity index (χ2v) is 5.95. The molecule has 1 N–H and O–H groups in total. The fourth-order valence-corrected chi connectivity index (χ4v) is 2.34. The van der Waals surface area contributed by atoms with Crippen molar-refractivity contribution in [2.75, 3.05) is 5.32 Å². The summed E-state index contributed by atoms with van der Waals surface area (Å²) in [5, 5.41) is 13.8. The molecule has 0 saturated heterocycles. The SMILES string of the molecule is O=[N+]([O-])c1cc(Cl)nc(Nc2ccc(Br)c(I)c2)c1. The van der Waals surface area contributed by atoms with E-state index in [1.165, 1.54) is 12.1 Å². The van der Waals surface area contributed by atoms with Crippen LogP contribution in [0.5, 0.6) is 0 Å². The maximum Gasteiger partial charge on any atom is 0.276 e. The number of nitro groups is 1. The molecule has 0 spiro atoms. The molecule has 0 aliphatic carbocycles. The van der Waals surface area contributed by atoms with Gasteiger partial charge in [-0.05, 0) is 56.7 Å². The van der Waals surface area contributed by atoms with E-state index in [0.29, 0.717) is 5.82 Å². The van der Waals surface area contributed by atoms with Gasteiger partial charge in [-0.3, -0.25) is 10.1 Å². The summed E-state index contributed by atoms with van der Waals surface area (Å²) in [6, 6.07) is 8.14. The summed E-state index contributed by atoms with van der Waals surface area (Å²) in [5.74, 6) is 0.331. The van der Waals surface area contributed by atoms with Gasteiger partial charge in [0.05, 0.1) is 17.1 Å². The molecule has 0 amide bonds. The largest absolute Gasteiger partial charge is 0.340 e. The van der Waals surface area contributed by atoms with Crippen molar-refractivity contribution in [3.63, 3.8) is 0 Å². The molecule has 8 heteroatoms. The third-order valence-corrected chi connectivity index (χ3v) is 4.70. The average Bonchev–Trinajstić information content (AvgIpc) is 2.33. The Morgan fingerprint density at radius 3 is 2.74 bits per heavy atom. The first kappa shape index (κ1) is 14.5. The predicted molar refractivity (Wildman–Crippen MR) is 86.0 cm³/mol. The highest BCUT2D eigenvalue weighted by atomic mass is 127. The van der Waals surface area contributed by atoms with Crippen molar-refractivity contribution in [2.24, 2.45) is 0 Å². The molecule has 0 aliphatic rings. The summed E-state index contributed by atoms with van der Waals surface area (Å²) in [5.41, 5.74) is 0.672. The molecule has 0 bridgehead atoms. The minimum absolute atomic E-state index is 0.0727. The summed E-state index contributed by atoms with van der Waals surface area (Å²) >= 11 is 11.3. The van der Waals surface area contributed by atoms with Crippen molar-refractivity contribution in [2.45, 2.75) is 0 Å². The number of nitrogens with zero attached hydrogens (tertiary/aromatic N) is 2. The highest BCUT2D eigenvalue weighted by Crippen LogP contribution is 2.26. The minimum Gasteiger partial charge on any atom is -0.340 e. The summed E-state index contributed by atoms with van der Waals surface area (Å²) in [6.07, 6.45) is 0. The molecule has 1 aromatic carbocycles. The Hall–Kier alpha value is -0.930. The second kappa shape index (κ2) is 6.02. The predicted octanol–water partition coefficient (Wildman–Crippen LogP) is 4.75. The lowest BCUT2D eigenvalue weighted by Crippen LogP contribution is -1.97. The molecule has 0 unspecified atom stereocenters. The number of aromatic nitrogens is 1. The lowest BCUT2D eigenvalue weighted by atomic mass is 10.3. The van der Waals surface area contributed by atoms with Gasteiger partial charge in [0.15, 0.2) is 0 Å². The maximum absolute atomic E-state index is 10.7. The highest BCUT2D eigenvalue weighted by Gasteiger charge is 2.10. The van der Waals surface area contributed by atoms with Gasteiger partial charge in [0.2, 0.25) is 0 Å². The van der Waals surface area contributed by atoms with Crippen molar-refractivity contribution >= 4 is 67.3 Å². The summed E-state index contributed by atoms with van der Waals surface area (Å²) < 4.78 is 1.99. The molecule has 0 fully saturated rings. The van der Waals surface area contributed by atoms with Crippen LogP contribution in [0.15, 0.2) is 34.8 Å². The van der Waals surface area contributed by atoms with Crippen molar-refractivity contribution in [1.82, 2.24) is 4.98 Å². The maximum atomic E-state index is 10.7. The van der Waals surface area contributed by atoms with E-state index in [1.807, 2.05) is 18.2 Å². The number of rotatable bonds is 3. The number of halogens is 3. The van der Waals surface area contributed by atoms with E-state index >= 15 is 0 Å². The van der Waals surface area contributed by atoms with Gasteiger partial charge < -0.3 is 5.32 Å². The van der Waals surface area contributed by atoms with Gasteiger partial charge in [-0.15, -0.1) is 0 Å². The molecule has 0 aliphatic heterocycles. The summed E-state index contributed by atoms with van der Waals surface area (Å²) in [4.78, 5) is 14.2. The quantitative estimate of drug-likeness (QED) is 0.315. The van der Waals surface area contributed by atoms with E-state index in [4.69, 9.17) is 11.6 Å². The monoisotopic (exact) mass is 453 g/mol. The molecule has 1 aromatic heterocycles. The molecular formula is C11H6BrClIN3O2. The fraction of sp³-hybridized carbons (Fsp3) is 0. The van der Waals surface area contributed by atoms with Crippen LogP contribution in [0.3, 0.4) is 0 Å². The first-order valence-corrected chi connectivity index (χ1v) is 7.25. The molecule has 5 nitrogen and oxygen atoms in total. The van der Waals surface area contributed by atoms with Gasteiger partial charge >= 0.3 is 0 Å². The number of hydrogen-bond acceptors (Lipinski definition) is 4. The van der Waals surface area contributed by atoms with Crippen LogP contribution in [0.25, 0.3) is 0 Å². The van der Waals surface area contributed by atoms with Crippen LogP contribution in [0, 0.1) is 13.7 Å². The van der Waals surface area contributed by atoms with Crippen LogP contribution in [0.2, 0.25) is 5.15 Å². The molecule has 0 radical (unpaired) electrons. The Balaban J connectivity index is 2.32. The van der Waals surface area contributed by atoms with Crippen LogP contribution >= 0.6 is 50.1 Å². The number of benzene rings is 1. The van der Waals surface area contributed by atoms with Gasteiger partial charge in [-0.2, -0.15) is 0 Å². The first-order valence-electron chi connectivity index (χ1n) is 5.00. The Bertz CT molecular complexity index is 654. The standard InChI is InChI=1S/C11H6BrClIN3O2/c12-8-2-1-6(3-9(8)14)15-11-5-7(17(18)19)4-10(13)16-11/h1-5H,(H,15,16). The van der Waals surface area contributed by atoms with Crippen molar-refractivity contribution in [1.29, 1.82) is 0 Å². The number of nitrogens with one attached hydrogen (secondary N) is 1. The number of hydrogen-bond donors (Lipinski definition) is 1. The topological polar surface area (TPSA) is 68.1 Å². The minimum atomic E-state index is -0.510. The van der Waals surface area contributed by atoms with Crippen LogP contribution in [0.1, 0.15) is 0 Å². The van der Waals surface area contributed by atoms with E-state index in [2.05, 4.69) is 48.8 Å². The Morgan fingerprint density at radius 1 is 1.37 bits per heavy atom. The molecule has 2 aromatic rings.